The molecule has 2 heterocycles. The molecule has 1 aromatic carbocycles. The van der Waals surface area contributed by atoms with Gasteiger partial charge in [0.15, 0.2) is 0 Å². The van der Waals surface area contributed by atoms with E-state index in [4.69, 9.17) is 0 Å². The number of aromatic nitrogens is 2. The summed E-state index contributed by atoms with van der Waals surface area (Å²) in [6.45, 7) is 3.40. The fourth-order valence-corrected chi connectivity index (χ4v) is 3.36. The lowest BCUT2D eigenvalue weighted by atomic mass is 10.0. The van der Waals surface area contributed by atoms with Crippen LogP contribution in [0.1, 0.15) is 13.8 Å². The molecular formula is C18H16N2O2S. The molecule has 0 amide bonds. The number of nitrogens with zero attached hydrogens (tertiary/aromatic N) is 2. The van der Waals surface area contributed by atoms with Crippen molar-refractivity contribution in [1.82, 2.24) is 9.97 Å². The smallest absolute Gasteiger partial charge is 0.319 e. The van der Waals surface area contributed by atoms with Crippen molar-refractivity contribution < 1.29 is 9.90 Å². The van der Waals surface area contributed by atoms with E-state index in [-0.39, 0.29) is 0 Å². The van der Waals surface area contributed by atoms with Gasteiger partial charge in [-0.2, -0.15) is 0 Å². The van der Waals surface area contributed by atoms with Crippen molar-refractivity contribution in [3.05, 3.63) is 55.1 Å². The molecule has 4 nitrogen and oxygen atoms in total. The first kappa shape index (κ1) is 15.5. The Labute approximate surface area is 138 Å². The molecule has 0 bridgehead atoms. The molecule has 0 spiro atoms. The Kier molecular flexibility index (Phi) is 4.05. The van der Waals surface area contributed by atoms with Gasteiger partial charge in [-0.1, -0.05) is 24.3 Å². The molecule has 0 fully saturated rings. The lowest BCUT2D eigenvalue weighted by Crippen LogP contribution is -2.27. The minimum absolute atomic E-state index is 0.846. The van der Waals surface area contributed by atoms with Crippen LogP contribution in [-0.4, -0.2) is 25.8 Å². The highest BCUT2D eigenvalue weighted by molar-refractivity contribution is 8.01. The van der Waals surface area contributed by atoms with Gasteiger partial charge in [0, 0.05) is 46.2 Å². The second-order valence-electron chi connectivity index (χ2n) is 5.70. The lowest BCUT2D eigenvalue weighted by molar-refractivity contribution is -0.138. The highest BCUT2D eigenvalue weighted by atomic mass is 32.2. The molecule has 5 heteroatoms. The van der Waals surface area contributed by atoms with Gasteiger partial charge in [0.05, 0.1) is 0 Å². The van der Waals surface area contributed by atoms with Gasteiger partial charge >= 0.3 is 5.97 Å². The van der Waals surface area contributed by atoms with Crippen molar-refractivity contribution in [2.75, 3.05) is 0 Å². The van der Waals surface area contributed by atoms with Crippen molar-refractivity contribution in [3.8, 4) is 11.1 Å². The minimum atomic E-state index is -0.923. The first-order valence-electron chi connectivity index (χ1n) is 7.18. The number of carboxylic acid groups (broad SMARTS) is 1. The summed E-state index contributed by atoms with van der Waals surface area (Å²) in [7, 11) is 0. The van der Waals surface area contributed by atoms with Crippen LogP contribution >= 0.6 is 11.8 Å². The molecule has 0 radical (unpaired) electrons. The Morgan fingerprint density at radius 1 is 1.04 bits per heavy atom. The molecule has 0 atom stereocenters. The lowest BCUT2D eigenvalue weighted by Gasteiger charge is -2.20. The number of hydrogen-bond donors (Lipinski definition) is 1. The van der Waals surface area contributed by atoms with E-state index in [9.17, 15) is 9.90 Å². The summed E-state index contributed by atoms with van der Waals surface area (Å²) in [6.07, 6.45) is 7.08. The third-order valence-corrected chi connectivity index (χ3v) is 4.88. The van der Waals surface area contributed by atoms with E-state index in [1.807, 2.05) is 36.5 Å². The van der Waals surface area contributed by atoms with Crippen molar-refractivity contribution >= 4 is 28.5 Å². The molecule has 0 saturated heterocycles. The average molecular weight is 324 g/mol. The molecule has 0 unspecified atom stereocenters. The molecule has 23 heavy (non-hydrogen) atoms. The Morgan fingerprint density at radius 2 is 1.78 bits per heavy atom. The third-order valence-electron chi connectivity index (χ3n) is 3.62. The summed E-state index contributed by atoms with van der Waals surface area (Å²) >= 11 is 1.32. The third kappa shape index (κ3) is 3.05. The Bertz CT molecular complexity index is 872. The maximum absolute atomic E-state index is 11.4. The summed E-state index contributed by atoms with van der Waals surface area (Å²) in [6, 6.07) is 9.86. The molecule has 0 saturated carbocycles. The van der Waals surface area contributed by atoms with Crippen molar-refractivity contribution in [2.45, 2.75) is 23.5 Å². The summed E-state index contributed by atoms with van der Waals surface area (Å²) in [4.78, 5) is 20.8. The normalized spacial score (nSPS) is 11.6. The summed E-state index contributed by atoms with van der Waals surface area (Å²) in [5.41, 5.74) is 1.86. The molecule has 3 aromatic rings. The highest BCUT2D eigenvalue weighted by Crippen LogP contribution is 2.40. The maximum Gasteiger partial charge on any atom is 0.319 e. The van der Waals surface area contributed by atoms with Crippen LogP contribution in [0.15, 0.2) is 60.0 Å². The van der Waals surface area contributed by atoms with Crippen LogP contribution in [0.5, 0.6) is 0 Å². The van der Waals surface area contributed by atoms with Crippen molar-refractivity contribution in [3.63, 3.8) is 0 Å². The number of carbonyl (C=O) groups is 1. The number of hydrogen-bond acceptors (Lipinski definition) is 4. The number of carboxylic acids is 1. The Balaban J connectivity index is 2.15. The second kappa shape index (κ2) is 6.01. The maximum atomic E-state index is 11.4. The molecular weight excluding hydrogens is 308 g/mol. The summed E-state index contributed by atoms with van der Waals surface area (Å²) in [5, 5.41) is 11.5. The van der Waals surface area contributed by atoms with Crippen LogP contribution in [0, 0.1) is 0 Å². The van der Waals surface area contributed by atoms with E-state index in [0.717, 1.165) is 26.8 Å². The van der Waals surface area contributed by atoms with E-state index >= 15 is 0 Å². The molecule has 3 rings (SSSR count). The number of rotatable bonds is 4. The zero-order valence-corrected chi connectivity index (χ0v) is 13.7. The Hall–Kier alpha value is -2.40. The summed E-state index contributed by atoms with van der Waals surface area (Å²) < 4.78 is -0.923. The van der Waals surface area contributed by atoms with E-state index in [1.165, 1.54) is 11.8 Å². The number of pyridine rings is 2. The SMILES string of the molecule is CC(C)(Sc1ccncc1-c1cncc2ccccc12)C(=O)O. The minimum Gasteiger partial charge on any atom is -0.480 e. The van der Waals surface area contributed by atoms with Crippen LogP contribution in [0.25, 0.3) is 21.9 Å². The molecule has 0 aliphatic carbocycles. The van der Waals surface area contributed by atoms with Crippen LogP contribution in [-0.2, 0) is 4.79 Å². The Morgan fingerprint density at radius 3 is 2.57 bits per heavy atom. The van der Waals surface area contributed by atoms with Crippen LogP contribution in [0.3, 0.4) is 0 Å². The van der Waals surface area contributed by atoms with Crippen LogP contribution in [0.2, 0.25) is 0 Å². The molecule has 1 N–H and O–H groups in total. The predicted molar refractivity (Wildman–Crippen MR) is 92.5 cm³/mol. The van der Waals surface area contributed by atoms with Gasteiger partial charge in [-0.05, 0) is 25.3 Å². The number of aliphatic carboxylic acids is 1. The fraction of sp³-hybridized carbons (Fsp3) is 0.167. The van der Waals surface area contributed by atoms with Crippen molar-refractivity contribution in [2.24, 2.45) is 0 Å². The van der Waals surface area contributed by atoms with E-state index in [0.29, 0.717) is 0 Å². The van der Waals surface area contributed by atoms with Gasteiger partial charge < -0.3 is 5.11 Å². The topological polar surface area (TPSA) is 63.1 Å². The molecule has 0 aliphatic heterocycles. The molecule has 2 aromatic heterocycles. The molecule has 116 valence electrons. The van der Waals surface area contributed by atoms with E-state index in [1.54, 1.807) is 32.4 Å². The van der Waals surface area contributed by atoms with Crippen LogP contribution < -0.4 is 0 Å². The van der Waals surface area contributed by atoms with Crippen molar-refractivity contribution in [1.29, 1.82) is 0 Å². The van der Waals surface area contributed by atoms with Gasteiger partial charge in [-0.25, -0.2) is 0 Å². The van der Waals surface area contributed by atoms with Gasteiger partial charge in [0.25, 0.3) is 0 Å². The molecule has 0 aliphatic rings. The van der Waals surface area contributed by atoms with Gasteiger partial charge in [0.2, 0.25) is 0 Å². The highest BCUT2D eigenvalue weighted by Gasteiger charge is 2.29. The zero-order chi connectivity index (χ0) is 16.4. The second-order valence-corrected chi connectivity index (χ2v) is 7.36. The largest absolute Gasteiger partial charge is 0.480 e. The van der Waals surface area contributed by atoms with Gasteiger partial charge in [0.1, 0.15) is 4.75 Å². The average Bonchev–Trinajstić information content (AvgIpc) is 2.54. The quantitative estimate of drug-likeness (QED) is 0.727. The number of thioether (sulfide) groups is 1. The van der Waals surface area contributed by atoms with Gasteiger partial charge in [-0.15, -0.1) is 11.8 Å². The predicted octanol–water partition coefficient (Wildman–Crippen LogP) is 4.25. The van der Waals surface area contributed by atoms with Gasteiger partial charge in [-0.3, -0.25) is 14.8 Å². The van der Waals surface area contributed by atoms with Crippen LogP contribution in [0.4, 0.5) is 0 Å². The fourth-order valence-electron chi connectivity index (χ4n) is 2.32. The summed E-state index contributed by atoms with van der Waals surface area (Å²) in [5.74, 6) is -0.846. The first-order valence-corrected chi connectivity index (χ1v) is 8.00. The zero-order valence-electron chi connectivity index (χ0n) is 12.9. The first-order chi connectivity index (χ1) is 11.0. The number of fused-ring (bicyclic) bond motifs is 1. The standard InChI is InChI=1S/C18H16N2O2S/c1-18(2,17(21)22)23-16-7-8-19-11-15(16)14-10-20-9-12-5-3-4-6-13(12)14/h3-11H,1-2H3,(H,21,22). The van der Waals surface area contributed by atoms with E-state index < -0.39 is 10.7 Å². The number of benzene rings is 1. The monoisotopic (exact) mass is 324 g/mol. The van der Waals surface area contributed by atoms with E-state index in [2.05, 4.69) is 9.97 Å².